The van der Waals surface area contributed by atoms with E-state index in [1.165, 1.54) is 0 Å². The summed E-state index contributed by atoms with van der Waals surface area (Å²) in [7, 11) is 0. The number of hydrogen-bond donors (Lipinski definition) is 2. The molecule has 1 aliphatic carbocycles. The van der Waals surface area contributed by atoms with Crippen LogP contribution in [0.4, 0.5) is 11.5 Å². The first-order valence-corrected chi connectivity index (χ1v) is 5.76. The van der Waals surface area contributed by atoms with E-state index in [1.807, 2.05) is 19.1 Å². The van der Waals surface area contributed by atoms with Gasteiger partial charge in [0.2, 0.25) is 0 Å². The average molecular weight is 219 g/mol. The second kappa shape index (κ2) is 3.12. The summed E-state index contributed by atoms with van der Waals surface area (Å²) in [6.45, 7) is 11.1. The number of pyridine rings is 1. The Morgan fingerprint density at radius 3 is 2.25 bits per heavy atom. The monoisotopic (exact) mass is 219 g/mol. The fourth-order valence-electron chi connectivity index (χ4n) is 2.38. The van der Waals surface area contributed by atoms with Gasteiger partial charge in [-0.2, -0.15) is 0 Å². The van der Waals surface area contributed by atoms with Crippen LogP contribution in [0.3, 0.4) is 0 Å². The van der Waals surface area contributed by atoms with Crippen LogP contribution in [-0.2, 0) is 0 Å². The number of hydrogen-bond acceptors (Lipinski definition) is 3. The molecule has 0 aromatic carbocycles. The first kappa shape index (κ1) is 11.2. The van der Waals surface area contributed by atoms with E-state index in [-0.39, 0.29) is 0 Å². The second-order valence-electron chi connectivity index (χ2n) is 5.91. The Hall–Kier alpha value is -1.25. The molecule has 1 heterocycles. The van der Waals surface area contributed by atoms with Crippen LogP contribution in [0, 0.1) is 17.8 Å². The summed E-state index contributed by atoms with van der Waals surface area (Å²) < 4.78 is 0. The summed E-state index contributed by atoms with van der Waals surface area (Å²) in [6.07, 6.45) is 0. The van der Waals surface area contributed by atoms with Crippen LogP contribution >= 0.6 is 0 Å². The van der Waals surface area contributed by atoms with Gasteiger partial charge >= 0.3 is 0 Å². The predicted molar refractivity (Wildman–Crippen MR) is 68.4 cm³/mol. The molecule has 0 amide bonds. The molecular formula is C13H21N3. The van der Waals surface area contributed by atoms with Crippen LogP contribution in [0.2, 0.25) is 0 Å². The molecule has 2 rings (SSSR count). The van der Waals surface area contributed by atoms with Crippen LogP contribution in [0.5, 0.6) is 0 Å². The summed E-state index contributed by atoms with van der Waals surface area (Å²) in [4.78, 5) is 4.45. The number of nitrogens with one attached hydrogen (secondary N) is 1. The molecule has 0 atom stereocenters. The van der Waals surface area contributed by atoms with Gasteiger partial charge in [0.15, 0.2) is 0 Å². The van der Waals surface area contributed by atoms with Gasteiger partial charge in [-0.15, -0.1) is 0 Å². The highest BCUT2D eigenvalue weighted by molar-refractivity contribution is 5.63. The van der Waals surface area contributed by atoms with Gasteiger partial charge in [-0.1, -0.05) is 27.7 Å². The van der Waals surface area contributed by atoms with Crippen molar-refractivity contribution in [3.63, 3.8) is 0 Å². The zero-order valence-corrected chi connectivity index (χ0v) is 10.8. The highest BCUT2D eigenvalue weighted by Gasteiger charge is 2.65. The van der Waals surface area contributed by atoms with E-state index in [2.05, 4.69) is 38.0 Å². The van der Waals surface area contributed by atoms with Gasteiger partial charge < -0.3 is 11.1 Å². The van der Waals surface area contributed by atoms with Crippen molar-refractivity contribution in [2.75, 3.05) is 11.1 Å². The van der Waals surface area contributed by atoms with Crippen molar-refractivity contribution in [3.8, 4) is 0 Å². The lowest BCUT2D eigenvalue weighted by molar-refractivity contribution is 0.457. The third-order valence-corrected chi connectivity index (χ3v) is 4.37. The number of nitrogens with zero attached hydrogens (tertiary/aromatic N) is 1. The third kappa shape index (κ3) is 1.46. The minimum Gasteiger partial charge on any atom is -0.396 e. The predicted octanol–water partition coefficient (Wildman–Crippen LogP) is 2.82. The lowest BCUT2D eigenvalue weighted by atomic mass is 10.0. The van der Waals surface area contributed by atoms with E-state index in [9.17, 15) is 0 Å². The highest BCUT2D eigenvalue weighted by atomic mass is 15.1. The largest absolute Gasteiger partial charge is 0.396 e. The Bertz CT molecular complexity index is 407. The number of anilines is 2. The van der Waals surface area contributed by atoms with E-state index < -0.39 is 0 Å². The maximum atomic E-state index is 5.92. The van der Waals surface area contributed by atoms with Crippen molar-refractivity contribution in [1.29, 1.82) is 0 Å². The van der Waals surface area contributed by atoms with E-state index in [1.54, 1.807) is 0 Å². The fourth-order valence-corrected chi connectivity index (χ4v) is 2.38. The van der Waals surface area contributed by atoms with Gasteiger partial charge in [0.1, 0.15) is 5.82 Å². The molecule has 0 bridgehead atoms. The smallest absolute Gasteiger partial charge is 0.149 e. The Kier molecular flexibility index (Phi) is 2.19. The zero-order valence-electron chi connectivity index (χ0n) is 10.8. The number of aryl methyl sites for hydroxylation is 1. The lowest BCUT2D eigenvalue weighted by Gasteiger charge is -2.10. The molecule has 0 unspecified atom stereocenters. The summed E-state index contributed by atoms with van der Waals surface area (Å²) >= 11 is 0. The number of nitrogens with two attached hydrogens (primary N) is 1. The van der Waals surface area contributed by atoms with Crippen LogP contribution in [0.15, 0.2) is 12.1 Å². The molecule has 3 heteroatoms. The summed E-state index contributed by atoms with van der Waals surface area (Å²) in [6, 6.07) is 4.29. The average Bonchev–Trinajstić information content (AvgIpc) is 2.54. The molecule has 1 fully saturated rings. The molecule has 0 radical (unpaired) electrons. The van der Waals surface area contributed by atoms with E-state index in [0.29, 0.717) is 16.9 Å². The van der Waals surface area contributed by atoms with Gasteiger partial charge in [-0.05, 0) is 29.9 Å². The number of rotatable bonds is 2. The van der Waals surface area contributed by atoms with Crippen LogP contribution in [0.25, 0.3) is 0 Å². The van der Waals surface area contributed by atoms with Crippen molar-refractivity contribution < 1.29 is 0 Å². The third-order valence-electron chi connectivity index (χ3n) is 4.37. The highest BCUT2D eigenvalue weighted by Crippen LogP contribution is 2.63. The van der Waals surface area contributed by atoms with E-state index >= 15 is 0 Å². The van der Waals surface area contributed by atoms with E-state index in [4.69, 9.17) is 5.73 Å². The Labute approximate surface area is 97.5 Å². The van der Waals surface area contributed by atoms with Crippen molar-refractivity contribution >= 4 is 11.5 Å². The SMILES string of the molecule is Cc1ccc(N)c(NC2C(C)(C)C2(C)C)n1. The van der Waals surface area contributed by atoms with Gasteiger partial charge in [-0.3, -0.25) is 0 Å². The van der Waals surface area contributed by atoms with Crippen molar-refractivity contribution in [1.82, 2.24) is 4.98 Å². The van der Waals surface area contributed by atoms with Crippen LogP contribution < -0.4 is 11.1 Å². The summed E-state index contributed by atoms with van der Waals surface area (Å²) in [5, 5.41) is 3.47. The molecule has 3 N–H and O–H groups in total. The number of nitrogen functional groups attached to an aromatic ring is 1. The van der Waals surface area contributed by atoms with Crippen LogP contribution in [0.1, 0.15) is 33.4 Å². The van der Waals surface area contributed by atoms with Crippen molar-refractivity contribution in [2.24, 2.45) is 10.8 Å². The Morgan fingerprint density at radius 1 is 1.19 bits per heavy atom. The van der Waals surface area contributed by atoms with Crippen molar-refractivity contribution in [3.05, 3.63) is 17.8 Å². The van der Waals surface area contributed by atoms with Gasteiger partial charge in [0.05, 0.1) is 5.69 Å². The lowest BCUT2D eigenvalue weighted by Crippen LogP contribution is -2.13. The molecular weight excluding hydrogens is 198 g/mol. The van der Waals surface area contributed by atoms with Crippen LogP contribution in [-0.4, -0.2) is 11.0 Å². The standard InChI is InChI=1S/C13H21N3/c1-8-6-7-9(14)10(15-8)16-11-12(2,3)13(11,4)5/h6-7,11H,14H2,1-5H3,(H,15,16). The Morgan fingerprint density at radius 2 is 1.75 bits per heavy atom. The molecule has 0 saturated heterocycles. The summed E-state index contributed by atoms with van der Waals surface area (Å²) in [5.41, 5.74) is 8.23. The maximum Gasteiger partial charge on any atom is 0.149 e. The maximum absolute atomic E-state index is 5.92. The minimum atomic E-state index is 0.296. The first-order valence-electron chi connectivity index (χ1n) is 5.76. The molecule has 1 saturated carbocycles. The van der Waals surface area contributed by atoms with Gasteiger partial charge in [0, 0.05) is 11.7 Å². The fraction of sp³-hybridized carbons (Fsp3) is 0.615. The molecule has 1 aliphatic rings. The minimum absolute atomic E-state index is 0.296. The quantitative estimate of drug-likeness (QED) is 0.804. The molecule has 0 spiro atoms. The topological polar surface area (TPSA) is 50.9 Å². The summed E-state index contributed by atoms with van der Waals surface area (Å²) in [5.74, 6) is 0.823. The van der Waals surface area contributed by atoms with Gasteiger partial charge in [-0.25, -0.2) is 4.98 Å². The molecule has 16 heavy (non-hydrogen) atoms. The Balaban J connectivity index is 2.21. The molecule has 88 valence electrons. The zero-order chi connectivity index (χ0) is 12.1. The normalized spacial score (nSPS) is 21.8. The number of aromatic nitrogens is 1. The molecule has 1 aromatic heterocycles. The molecule has 1 aromatic rings. The van der Waals surface area contributed by atoms with Gasteiger partial charge in [0.25, 0.3) is 0 Å². The molecule has 3 nitrogen and oxygen atoms in total. The first-order chi connectivity index (χ1) is 7.26. The van der Waals surface area contributed by atoms with E-state index in [0.717, 1.165) is 17.2 Å². The van der Waals surface area contributed by atoms with Crippen molar-refractivity contribution in [2.45, 2.75) is 40.7 Å². The second-order valence-corrected chi connectivity index (χ2v) is 5.91. The molecule has 0 aliphatic heterocycles.